The second-order valence-corrected chi connectivity index (χ2v) is 6.99. The molecule has 0 saturated carbocycles. The highest BCUT2D eigenvalue weighted by Gasteiger charge is 2.45. The maximum atomic E-state index is 12.7. The lowest BCUT2D eigenvalue weighted by Gasteiger charge is -2.40. The third-order valence-corrected chi connectivity index (χ3v) is 5.39. The Labute approximate surface area is 146 Å². The van der Waals surface area contributed by atoms with Gasteiger partial charge in [-0.2, -0.15) is 5.10 Å². The van der Waals surface area contributed by atoms with Crippen LogP contribution in [0.5, 0.6) is 0 Å². The first kappa shape index (κ1) is 17.4. The van der Waals surface area contributed by atoms with Gasteiger partial charge in [0.15, 0.2) is 5.54 Å². The number of carboxylic acids is 1. The van der Waals surface area contributed by atoms with E-state index >= 15 is 0 Å². The summed E-state index contributed by atoms with van der Waals surface area (Å²) >= 11 is 0. The maximum Gasteiger partial charge on any atom is 0.331 e. The number of aryl methyl sites for hydroxylation is 1. The highest BCUT2D eigenvalue weighted by molar-refractivity contribution is 5.88. The third-order valence-electron chi connectivity index (χ3n) is 5.39. The zero-order chi connectivity index (χ0) is 18.2. The number of hydrogen-bond acceptors (Lipinski definition) is 4. The molecular formula is C17H24N4O4. The van der Waals surface area contributed by atoms with E-state index < -0.39 is 17.6 Å². The molecule has 0 spiro atoms. The second-order valence-electron chi connectivity index (χ2n) is 6.99. The van der Waals surface area contributed by atoms with Gasteiger partial charge in [0.1, 0.15) is 6.04 Å². The van der Waals surface area contributed by atoms with Gasteiger partial charge in [0.05, 0.1) is 6.20 Å². The summed E-state index contributed by atoms with van der Waals surface area (Å²) in [7, 11) is 0. The van der Waals surface area contributed by atoms with Gasteiger partial charge in [-0.05, 0) is 25.8 Å². The number of carboxylic acid groups (broad SMARTS) is 1. The lowest BCUT2D eigenvalue weighted by Crippen LogP contribution is -2.55. The number of aliphatic carboxylic acids is 1. The van der Waals surface area contributed by atoms with Gasteiger partial charge in [-0.15, -0.1) is 0 Å². The minimum Gasteiger partial charge on any atom is -0.479 e. The molecule has 8 nitrogen and oxygen atoms in total. The molecule has 2 fully saturated rings. The number of carbonyl (C=O) groups excluding carboxylic acids is 2. The van der Waals surface area contributed by atoms with Crippen molar-refractivity contribution in [2.45, 2.75) is 51.1 Å². The average Bonchev–Trinajstić information content (AvgIpc) is 3.22. The zero-order valence-electron chi connectivity index (χ0n) is 14.6. The molecule has 2 aliphatic heterocycles. The average molecular weight is 348 g/mol. The summed E-state index contributed by atoms with van der Waals surface area (Å²) in [6.07, 6.45) is 5.27. The molecule has 2 saturated heterocycles. The van der Waals surface area contributed by atoms with Crippen LogP contribution in [0.1, 0.15) is 38.2 Å². The molecule has 25 heavy (non-hydrogen) atoms. The van der Waals surface area contributed by atoms with Crippen molar-refractivity contribution in [3.63, 3.8) is 0 Å². The van der Waals surface area contributed by atoms with E-state index in [2.05, 4.69) is 5.10 Å². The Bertz CT molecular complexity index is 691. The first-order valence-electron chi connectivity index (χ1n) is 8.68. The first-order chi connectivity index (χ1) is 11.8. The Hall–Kier alpha value is -2.38. The maximum absolute atomic E-state index is 12.7. The minimum atomic E-state index is -1.11. The van der Waals surface area contributed by atoms with Gasteiger partial charge in [-0.1, -0.05) is 0 Å². The highest BCUT2D eigenvalue weighted by Crippen LogP contribution is 2.31. The van der Waals surface area contributed by atoms with Crippen molar-refractivity contribution in [3.05, 3.63) is 18.0 Å². The van der Waals surface area contributed by atoms with Crippen LogP contribution in [0.3, 0.4) is 0 Å². The van der Waals surface area contributed by atoms with Crippen LogP contribution in [-0.4, -0.2) is 68.1 Å². The van der Waals surface area contributed by atoms with Gasteiger partial charge < -0.3 is 14.9 Å². The summed E-state index contributed by atoms with van der Waals surface area (Å²) in [4.78, 5) is 39.8. The summed E-state index contributed by atoms with van der Waals surface area (Å²) in [6, 6.07) is -0.487. The van der Waals surface area contributed by atoms with Crippen molar-refractivity contribution in [2.24, 2.45) is 0 Å². The second kappa shape index (κ2) is 6.50. The van der Waals surface area contributed by atoms with Crippen molar-refractivity contribution in [1.29, 1.82) is 0 Å². The lowest BCUT2D eigenvalue weighted by molar-refractivity contribution is -0.154. The summed E-state index contributed by atoms with van der Waals surface area (Å²) in [5.41, 5.74) is -0.210. The van der Waals surface area contributed by atoms with Gasteiger partial charge in [-0.3, -0.25) is 14.3 Å². The Kier molecular flexibility index (Phi) is 4.53. The van der Waals surface area contributed by atoms with E-state index in [0.29, 0.717) is 38.9 Å². The zero-order valence-corrected chi connectivity index (χ0v) is 14.6. The standard InChI is InChI=1S/C17H24N4O4/c1-12-10-18-21(11-12)17(16(24)25)5-8-19(9-6-17)15(23)13(2)20-7-3-4-14(20)22/h10-11,13H,3-9H2,1-2H3,(H,24,25)/t13-/m1/s1. The fourth-order valence-electron chi connectivity index (χ4n) is 3.76. The summed E-state index contributed by atoms with van der Waals surface area (Å²) < 4.78 is 1.51. The molecule has 3 heterocycles. The predicted octanol–water partition coefficient (Wildman–Crippen LogP) is 0.605. The molecule has 1 atom stereocenters. The molecule has 0 unspecified atom stereocenters. The number of nitrogens with zero attached hydrogens (tertiary/aromatic N) is 4. The monoisotopic (exact) mass is 348 g/mol. The lowest BCUT2D eigenvalue weighted by atomic mass is 9.87. The molecule has 0 aromatic carbocycles. The number of aromatic nitrogens is 2. The van der Waals surface area contributed by atoms with Crippen LogP contribution in [-0.2, 0) is 19.9 Å². The molecule has 2 amide bonds. The molecule has 1 aromatic heterocycles. The van der Waals surface area contributed by atoms with Crippen LogP contribution in [0.2, 0.25) is 0 Å². The Morgan fingerprint density at radius 2 is 1.96 bits per heavy atom. The Morgan fingerprint density at radius 3 is 2.44 bits per heavy atom. The van der Waals surface area contributed by atoms with Crippen LogP contribution in [0.4, 0.5) is 0 Å². The van der Waals surface area contributed by atoms with Crippen molar-refractivity contribution in [2.75, 3.05) is 19.6 Å². The number of piperidine rings is 1. The van der Waals surface area contributed by atoms with E-state index in [1.807, 2.05) is 6.92 Å². The number of rotatable bonds is 4. The quantitative estimate of drug-likeness (QED) is 0.860. The van der Waals surface area contributed by atoms with Crippen LogP contribution in [0, 0.1) is 6.92 Å². The van der Waals surface area contributed by atoms with E-state index in [1.165, 1.54) is 4.68 Å². The number of carbonyl (C=O) groups is 3. The van der Waals surface area contributed by atoms with Gasteiger partial charge in [0.2, 0.25) is 11.8 Å². The largest absolute Gasteiger partial charge is 0.479 e. The summed E-state index contributed by atoms with van der Waals surface area (Å²) in [5, 5.41) is 14.0. The molecule has 3 rings (SSSR count). The number of likely N-dealkylation sites (tertiary alicyclic amines) is 2. The molecule has 2 aliphatic rings. The van der Waals surface area contributed by atoms with Crippen LogP contribution in [0.25, 0.3) is 0 Å². The normalized spacial score (nSPS) is 21.4. The minimum absolute atomic E-state index is 0.0183. The van der Waals surface area contributed by atoms with Gasteiger partial charge in [0.25, 0.3) is 0 Å². The van der Waals surface area contributed by atoms with E-state index in [9.17, 15) is 19.5 Å². The molecule has 0 bridgehead atoms. The van der Waals surface area contributed by atoms with E-state index in [1.54, 1.807) is 29.1 Å². The first-order valence-corrected chi connectivity index (χ1v) is 8.68. The summed E-state index contributed by atoms with van der Waals surface area (Å²) in [5.74, 6) is -1.01. The number of hydrogen-bond donors (Lipinski definition) is 1. The Balaban J connectivity index is 1.70. The van der Waals surface area contributed by atoms with Crippen LogP contribution >= 0.6 is 0 Å². The van der Waals surface area contributed by atoms with E-state index in [4.69, 9.17) is 0 Å². The van der Waals surface area contributed by atoms with Crippen LogP contribution in [0.15, 0.2) is 12.4 Å². The third kappa shape index (κ3) is 3.01. The molecule has 1 N–H and O–H groups in total. The van der Waals surface area contributed by atoms with Crippen molar-refractivity contribution >= 4 is 17.8 Å². The fraction of sp³-hybridized carbons (Fsp3) is 0.647. The molecule has 1 aromatic rings. The molecule has 8 heteroatoms. The molecule has 136 valence electrons. The fourth-order valence-corrected chi connectivity index (χ4v) is 3.76. The van der Waals surface area contributed by atoms with Gasteiger partial charge in [0, 0.05) is 45.1 Å². The number of amides is 2. The SMILES string of the molecule is Cc1cnn(C2(C(=O)O)CCN(C(=O)[C@@H](C)N3CCCC3=O)CC2)c1. The molecular weight excluding hydrogens is 324 g/mol. The van der Waals surface area contributed by atoms with E-state index in [-0.39, 0.29) is 11.8 Å². The molecule has 0 radical (unpaired) electrons. The summed E-state index contributed by atoms with van der Waals surface area (Å²) in [6.45, 7) is 4.92. The van der Waals surface area contributed by atoms with Gasteiger partial charge in [-0.25, -0.2) is 4.79 Å². The van der Waals surface area contributed by atoms with Gasteiger partial charge >= 0.3 is 5.97 Å². The smallest absolute Gasteiger partial charge is 0.331 e. The van der Waals surface area contributed by atoms with E-state index in [0.717, 1.165) is 12.0 Å². The van der Waals surface area contributed by atoms with Crippen molar-refractivity contribution in [1.82, 2.24) is 19.6 Å². The topological polar surface area (TPSA) is 95.7 Å². The molecule has 0 aliphatic carbocycles. The van der Waals surface area contributed by atoms with Crippen LogP contribution < -0.4 is 0 Å². The predicted molar refractivity (Wildman–Crippen MR) is 88.8 cm³/mol. The highest BCUT2D eigenvalue weighted by atomic mass is 16.4. The Morgan fingerprint density at radius 1 is 1.28 bits per heavy atom. The van der Waals surface area contributed by atoms with Crippen molar-refractivity contribution < 1.29 is 19.5 Å². The van der Waals surface area contributed by atoms with Crippen molar-refractivity contribution in [3.8, 4) is 0 Å².